The monoisotopic (exact) mass is 280 g/mol. The molecule has 0 aliphatic carbocycles. The number of carbonyl (C=O) groups excluding carboxylic acids is 1. The summed E-state index contributed by atoms with van der Waals surface area (Å²) in [7, 11) is 0. The number of hydrogen-bond acceptors (Lipinski definition) is 3. The van der Waals surface area contributed by atoms with Gasteiger partial charge in [0.15, 0.2) is 0 Å². The number of nitrogens with zero attached hydrogens (tertiary/aromatic N) is 3. The fourth-order valence-electron chi connectivity index (χ4n) is 1.63. The van der Waals surface area contributed by atoms with Gasteiger partial charge in [-0.25, -0.2) is 4.79 Å². The van der Waals surface area contributed by atoms with Crippen molar-refractivity contribution >= 4 is 17.7 Å². The van der Waals surface area contributed by atoms with Crippen molar-refractivity contribution in [2.45, 2.75) is 32.9 Å². The third-order valence-electron chi connectivity index (χ3n) is 2.55. The van der Waals surface area contributed by atoms with E-state index < -0.39 is 5.97 Å². The van der Waals surface area contributed by atoms with Gasteiger partial charge in [0, 0.05) is 18.3 Å². The highest BCUT2D eigenvalue weighted by atomic mass is 16.4. The van der Waals surface area contributed by atoms with Gasteiger partial charge >= 0.3 is 12.0 Å². The second-order valence-electron chi connectivity index (χ2n) is 5.32. The van der Waals surface area contributed by atoms with E-state index in [9.17, 15) is 9.59 Å². The van der Waals surface area contributed by atoms with Gasteiger partial charge in [0.2, 0.25) is 0 Å². The highest BCUT2D eigenvalue weighted by Gasteiger charge is 2.25. The normalized spacial score (nSPS) is 10.9. The number of aliphatic carboxylic acids is 1. The van der Waals surface area contributed by atoms with Gasteiger partial charge in [-0.2, -0.15) is 5.10 Å². The Morgan fingerprint density at radius 3 is 2.70 bits per heavy atom. The SMILES string of the molecule is C=CCN(C(=O)Nc1cnn(CC(=O)O)c1)C(C)(C)C. The number of carbonyl (C=O) groups is 2. The smallest absolute Gasteiger partial charge is 0.325 e. The summed E-state index contributed by atoms with van der Waals surface area (Å²) < 4.78 is 1.24. The van der Waals surface area contributed by atoms with Crippen LogP contribution < -0.4 is 5.32 Å². The molecule has 0 aliphatic heterocycles. The Balaban J connectivity index is 2.75. The van der Waals surface area contributed by atoms with E-state index in [0.29, 0.717) is 12.2 Å². The maximum Gasteiger partial charge on any atom is 0.325 e. The van der Waals surface area contributed by atoms with Crippen LogP contribution in [-0.4, -0.2) is 43.9 Å². The van der Waals surface area contributed by atoms with Gasteiger partial charge in [-0.05, 0) is 20.8 Å². The predicted molar refractivity (Wildman–Crippen MR) is 75.5 cm³/mol. The van der Waals surface area contributed by atoms with Crippen LogP contribution in [-0.2, 0) is 11.3 Å². The zero-order chi connectivity index (χ0) is 15.3. The van der Waals surface area contributed by atoms with Crippen LogP contribution >= 0.6 is 0 Å². The van der Waals surface area contributed by atoms with Crippen molar-refractivity contribution in [2.75, 3.05) is 11.9 Å². The number of carboxylic acids is 1. The summed E-state index contributed by atoms with van der Waals surface area (Å²) in [6.45, 7) is 9.57. The van der Waals surface area contributed by atoms with E-state index >= 15 is 0 Å². The lowest BCUT2D eigenvalue weighted by molar-refractivity contribution is -0.137. The molecule has 2 N–H and O–H groups in total. The Morgan fingerprint density at radius 1 is 1.55 bits per heavy atom. The molecule has 0 saturated heterocycles. The molecular formula is C13H20N4O3. The second-order valence-corrected chi connectivity index (χ2v) is 5.32. The first-order chi connectivity index (χ1) is 9.24. The number of nitrogens with one attached hydrogen (secondary N) is 1. The Kier molecular flexibility index (Phi) is 4.90. The molecule has 0 bridgehead atoms. The maximum atomic E-state index is 12.2. The molecule has 1 aromatic rings. The van der Waals surface area contributed by atoms with Crippen molar-refractivity contribution in [3.05, 3.63) is 25.0 Å². The van der Waals surface area contributed by atoms with Crippen LogP contribution in [0.3, 0.4) is 0 Å². The lowest BCUT2D eigenvalue weighted by Crippen LogP contribution is -2.47. The van der Waals surface area contributed by atoms with Crippen molar-refractivity contribution < 1.29 is 14.7 Å². The molecule has 0 aromatic carbocycles. The average molecular weight is 280 g/mol. The van der Waals surface area contributed by atoms with Crippen LogP contribution in [0.25, 0.3) is 0 Å². The number of carboxylic acid groups (broad SMARTS) is 1. The predicted octanol–water partition coefficient (Wildman–Crippen LogP) is 1.79. The quantitative estimate of drug-likeness (QED) is 0.805. The largest absolute Gasteiger partial charge is 0.480 e. The van der Waals surface area contributed by atoms with Crippen LogP contribution in [0.1, 0.15) is 20.8 Å². The number of hydrogen-bond donors (Lipinski definition) is 2. The molecule has 1 rings (SSSR count). The van der Waals surface area contributed by atoms with E-state index in [0.717, 1.165) is 0 Å². The minimum atomic E-state index is -0.992. The van der Waals surface area contributed by atoms with Gasteiger partial charge in [-0.3, -0.25) is 9.48 Å². The second kappa shape index (κ2) is 6.23. The molecule has 110 valence electrons. The first-order valence-corrected chi connectivity index (χ1v) is 6.18. The van der Waals surface area contributed by atoms with Gasteiger partial charge in [-0.15, -0.1) is 6.58 Å². The van der Waals surface area contributed by atoms with Crippen LogP contribution in [0.15, 0.2) is 25.0 Å². The topological polar surface area (TPSA) is 87.5 Å². The van der Waals surface area contributed by atoms with Gasteiger partial charge in [-0.1, -0.05) is 6.08 Å². The molecule has 20 heavy (non-hydrogen) atoms. The molecule has 7 heteroatoms. The van der Waals surface area contributed by atoms with E-state index in [-0.39, 0.29) is 18.1 Å². The van der Waals surface area contributed by atoms with Crippen molar-refractivity contribution in [1.82, 2.24) is 14.7 Å². The van der Waals surface area contributed by atoms with Crippen LogP contribution in [0.2, 0.25) is 0 Å². The average Bonchev–Trinajstić information content (AvgIpc) is 2.70. The summed E-state index contributed by atoms with van der Waals surface area (Å²) in [4.78, 5) is 24.4. The van der Waals surface area contributed by atoms with Crippen molar-refractivity contribution in [1.29, 1.82) is 0 Å². The van der Waals surface area contributed by atoms with Crippen molar-refractivity contribution in [3.63, 3.8) is 0 Å². The van der Waals surface area contributed by atoms with Crippen molar-refractivity contribution in [3.8, 4) is 0 Å². The molecule has 0 radical (unpaired) electrons. The van der Waals surface area contributed by atoms with Gasteiger partial charge in [0.05, 0.1) is 11.9 Å². The number of urea groups is 1. The number of rotatable bonds is 5. The Labute approximate surface area is 117 Å². The number of amides is 2. The number of anilines is 1. The number of aromatic nitrogens is 2. The molecule has 0 spiro atoms. The van der Waals surface area contributed by atoms with E-state index in [2.05, 4.69) is 17.0 Å². The highest BCUT2D eigenvalue weighted by molar-refractivity contribution is 5.89. The summed E-state index contributed by atoms with van der Waals surface area (Å²) in [6.07, 6.45) is 4.54. The highest BCUT2D eigenvalue weighted by Crippen LogP contribution is 2.15. The van der Waals surface area contributed by atoms with E-state index in [1.54, 1.807) is 11.0 Å². The minimum Gasteiger partial charge on any atom is -0.480 e. The zero-order valence-electron chi connectivity index (χ0n) is 12.0. The van der Waals surface area contributed by atoms with Gasteiger partial charge in [0.25, 0.3) is 0 Å². The molecule has 0 atom stereocenters. The summed E-state index contributed by atoms with van der Waals surface area (Å²) in [5.41, 5.74) is 0.101. The molecule has 0 unspecified atom stereocenters. The Bertz CT molecular complexity index is 502. The summed E-state index contributed by atoms with van der Waals surface area (Å²) in [5, 5.41) is 15.2. The Hall–Kier alpha value is -2.31. The lowest BCUT2D eigenvalue weighted by Gasteiger charge is -2.34. The minimum absolute atomic E-state index is 0.245. The fourth-order valence-corrected chi connectivity index (χ4v) is 1.63. The van der Waals surface area contributed by atoms with Gasteiger partial charge in [0.1, 0.15) is 6.54 Å². The molecule has 7 nitrogen and oxygen atoms in total. The first kappa shape index (κ1) is 15.7. The van der Waals surface area contributed by atoms with E-state index in [1.807, 2.05) is 20.8 Å². The van der Waals surface area contributed by atoms with Crippen LogP contribution in [0.4, 0.5) is 10.5 Å². The third kappa shape index (κ3) is 4.42. The lowest BCUT2D eigenvalue weighted by atomic mass is 10.1. The molecular weight excluding hydrogens is 260 g/mol. The molecule has 0 aliphatic rings. The summed E-state index contributed by atoms with van der Waals surface area (Å²) in [6, 6.07) is -0.285. The molecule has 0 saturated carbocycles. The third-order valence-corrected chi connectivity index (χ3v) is 2.55. The zero-order valence-corrected chi connectivity index (χ0v) is 12.0. The molecule has 0 fully saturated rings. The summed E-state index contributed by atoms with van der Waals surface area (Å²) >= 11 is 0. The van der Waals surface area contributed by atoms with Crippen molar-refractivity contribution in [2.24, 2.45) is 0 Å². The summed E-state index contributed by atoms with van der Waals surface area (Å²) in [5.74, 6) is -0.992. The van der Waals surface area contributed by atoms with Gasteiger partial charge < -0.3 is 15.3 Å². The first-order valence-electron chi connectivity index (χ1n) is 6.18. The molecule has 2 amide bonds. The Morgan fingerprint density at radius 2 is 2.20 bits per heavy atom. The van der Waals surface area contributed by atoms with Crippen LogP contribution in [0, 0.1) is 0 Å². The van der Waals surface area contributed by atoms with E-state index in [4.69, 9.17) is 5.11 Å². The van der Waals surface area contributed by atoms with E-state index in [1.165, 1.54) is 17.1 Å². The fraction of sp³-hybridized carbons (Fsp3) is 0.462. The standard InChI is InChI=1S/C13H20N4O3/c1-5-6-17(13(2,3)4)12(20)15-10-7-14-16(8-10)9-11(18)19/h5,7-8H,1,6,9H2,2-4H3,(H,15,20)(H,18,19). The maximum absolute atomic E-state index is 12.2. The molecule has 1 heterocycles. The molecule has 1 aromatic heterocycles. The van der Waals surface area contributed by atoms with Crippen LogP contribution in [0.5, 0.6) is 0 Å².